The summed E-state index contributed by atoms with van der Waals surface area (Å²) in [6, 6.07) is 0. The van der Waals surface area contributed by atoms with E-state index in [0.717, 1.165) is 23.7 Å². The average Bonchev–Trinajstić information content (AvgIpc) is 2.45. The quantitative estimate of drug-likeness (QED) is 0.500. The predicted molar refractivity (Wildman–Crippen MR) is 101 cm³/mol. The van der Waals surface area contributed by atoms with Crippen LogP contribution in [0.25, 0.3) is 0 Å². The van der Waals surface area contributed by atoms with Crippen LogP contribution in [0.2, 0.25) is 0 Å². The zero-order valence-electron chi connectivity index (χ0n) is 17.0. The van der Waals surface area contributed by atoms with Gasteiger partial charge in [-0.15, -0.1) is 0 Å². The van der Waals surface area contributed by atoms with Crippen molar-refractivity contribution in [1.82, 2.24) is 0 Å². The van der Waals surface area contributed by atoms with Crippen molar-refractivity contribution in [2.45, 2.75) is 107 Å². The van der Waals surface area contributed by atoms with Gasteiger partial charge in [-0.1, -0.05) is 87.5 Å². The zero-order valence-corrected chi connectivity index (χ0v) is 17.0. The molecule has 0 nitrogen and oxygen atoms in total. The van der Waals surface area contributed by atoms with Crippen LogP contribution in [-0.2, 0) is 0 Å². The molecule has 0 heterocycles. The van der Waals surface area contributed by atoms with Crippen LogP contribution in [0.15, 0.2) is 0 Å². The smallest absolute Gasteiger partial charge is 0.0251 e. The summed E-state index contributed by atoms with van der Waals surface area (Å²) >= 11 is 0. The molecule has 0 amide bonds. The molecule has 0 aromatic carbocycles. The van der Waals surface area contributed by atoms with Crippen LogP contribution in [0, 0.1) is 34.5 Å². The lowest BCUT2D eigenvalue weighted by Gasteiger charge is -2.42. The van der Waals surface area contributed by atoms with E-state index in [1.165, 1.54) is 51.4 Å². The van der Waals surface area contributed by atoms with E-state index >= 15 is 0 Å². The van der Waals surface area contributed by atoms with Gasteiger partial charge in [0.25, 0.3) is 0 Å². The van der Waals surface area contributed by atoms with E-state index in [0.29, 0.717) is 10.8 Å². The summed E-state index contributed by atoms with van der Waals surface area (Å²) in [4.78, 5) is 0. The minimum atomic E-state index is 0.544. The number of hydrogen-bond acceptors (Lipinski definition) is 0. The van der Waals surface area contributed by atoms with Crippen LogP contribution >= 0.6 is 0 Å². The summed E-state index contributed by atoms with van der Waals surface area (Å²) in [5.74, 6) is 3.32. The molecule has 2 atom stereocenters. The fourth-order valence-electron chi connectivity index (χ4n) is 5.24. The highest BCUT2D eigenvalue weighted by Crippen LogP contribution is 2.48. The van der Waals surface area contributed by atoms with Crippen molar-refractivity contribution in [3.05, 3.63) is 0 Å². The molecule has 0 aromatic heterocycles. The third kappa shape index (κ3) is 4.30. The van der Waals surface area contributed by atoms with E-state index in [1.807, 2.05) is 0 Å². The van der Waals surface area contributed by atoms with Gasteiger partial charge in [-0.05, 0) is 53.8 Å². The molecule has 0 aromatic rings. The molecule has 0 heteroatoms. The van der Waals surface area contributed by atoms with Crippen LogP contribution in [0.4, 0.5) is 0 Å². The zero-order chi connectivity index (χ0) is 17.0. The topological polar surface area (TPSA) is 0 Å². The van der Waals surface area contributed by atoms with Gasteiger partial charge in [0.2, 0.25) is 0 Å². The van der Waals surface area contributed by atoms with Gasteiger partial charge in [-0.2, -0.15) is 0 Å². The molecular weight excluding hydrogens is 264 g/mol. The summed E-state index contributed by atoms with van der Waals surface area (Å²) in [5, 5.41) is 0. The second-order valence-corrected chi connectivity index (χ2v) is 9.56. The lowest BCUT2D eigenvalue weighted by molar-refractivity contribution is 0.0769. The number of rotatable bonds is 3. The first-order valence-electron chi connectivity index (χ1n) is 10.2. The standard InChI is InChI=1S/C22H44/c1-17(2)21(8)14-11-12-16-22(18(3)4,19(5)6)15-10-9-13-20(21)7/h17-20H,9-16H2,1-8H3. The van der Waals surface area contributed by atoms with Crippen LogP contribution in [0.3, 0.4) is 0 Å². The molecule has 1 aliphatic carbocycles. The Bertz CT molecular complexity index is 304. The molecule has 1 fully saturated rings. The van der Waals surface area contributed by atoms with Crippen molar-refractivity contribution >= 4 is 0 Å². The Morgan fingerprint density at radius 1 is 0.682 bits per heavy atom. The van der Waals surface area contributed by atoms with Crippen molar-refractivity contribution in [3.63, 3.8) is 0 Å². The van der Waals surface area contributed by atoms with Crippen molar-refractivity contribution < 1.29 is 0 Å². The molecule has 1 rings (SSSR count). The minimum absolute atomic E-state index is 0.544. The molecule has 0 aliphatic heterocycles. The van der Waals surface area contributed by atoms with E-state index in [4.69, 9.17) is 0 Å². The Morgan fingerprint density at radius 3 is 1.59 bits per heavy atom. The van der Waals surface area contributed by atoms with E-state index in [9.17, 15) is 0 Å². The van der Waals surface area contributed by atoms with Crippen molar-refractivity contribution in [2.75, 3.05) is 0 Å². The molecule has 132 valence electrons. The van der Waals surface area contributed by atoms with Gasteiger partial charge in [0, 0.05) is 0 Å². The SMILES string of the molecule is CC(C)C1(C)CCCCC(C(C)C)(C(C)C)CCCCC1C. The summed E-state index contributed by atoms with van der Waals surface area (Å²) in [5.41, 5.74) is 1.13. The third-order valence-electron chi connectivity index (χ3n) is 7.88. The van der Waals surface area contributed by atoms with Gasteiger partial charge in [0.1, 0.15) is 0 Å². The first-order valence-corrected chi connectivity index (χ1v) is 10.2. The van der Waals surface area contributed by atoms with Crippen LogP contribution in [0.1, 0.15) is 107 Å². The highest BCUT2D eigenvalue weighted by molar-refractivity contribution is 4.88. The number of hydrogen-bond donors (Lipinski definition) is 0. The first kappa shape index (κ1) is 20.0. The predicted octanol–water partition coefficient (Wildman–Crippen LogP) is 7.72. The van der Waals surface area contributed by atoms with E-state index in [-0.39, 0.29) is 0 Å². The van der Waals surface area contributed by atoms with Gasteiger partial charge in [-0.25, -0.2) is 0 Å². The Hall–Kier alpha value is 0. The highest BCUT2D eigenvalue weighted by atomic mass is 14.4. The lowest BCUT2D eigenvalue weighted by atomic mass is 9.63. The van der Waals surface area contributed by atoms with Crippen LogP contribution in [-0.4, -0.2) is 0 Å². The molecule has 0 radical (unpaired) electrons. The Balaban J connectivity index is 2.89. The fourth-order valence-corrected chi connectivity index (χ4v) is 5.24. The normalized spacial score (nSPS) is 31.5. The Kier molecular flexibility index (Phi) is 7.47. The van der Waals surface area contributed by atoms with E-state index in [1.54, 1.807) is 0 Å². The monoisotopic (exact) mass is 308 g/mol. The average molecular weight is 309 g/mol. The van der Waals surface area contributed by atoms with Crippen LogP contribution in [0.5, 0.6) is 0 Å². The van der Waals surface area contributed by atoms with Crippen molar-refractivity contribution in [2.24, 2.45) is 34.5 Å². The Labute approximate surface area is 141 Å². The summed E-state index contributed by atoms with van der Waals surface area (Å²) in [7, 11) is 0. The fraction of sp³-hybridized carbons (Fsp3) is 1.00. The molecule has 0 N–H and O–H groups in total. The van der Waals surface area contributed by atoms with E-state index in [2.05, 4.69) is 55.4 Å². The molecule has 2 unspecified atom stereocenters. The highest BCUT2D eigenvalue weighted by Gasteiger charge is 2.38. The maximum Gasteiger partial charge on any atom is -0.0251 e. The molecule has 0 spiro atoms. The molecule has 1 saturated carbocycles. The molecule has 1 aliphatic rings. The maximum absolute atomic E-state index is 2.57. The second kappa shape index (κ2) is 8.20. The van der Waals surface area contributed by atoms with Gasteiger partial charge in [0.15, 0.2) is 0 Å². The summed E-state index contributed by atoms with van der Waals surface area (Å²) < 4.78 is 0. The van der Waals surface area contributed by atoms with Gasteiger partial charge >= 0.3 is 0 Å². The molecule has 22 heavy (non-hydrogen) atoms. The van der Waals surface area contributed by atoms with Gasteiger partial charge < -0.3 is 0 Å². The van der Waals surface area contributed by atoms with Crippen LogP contribution < -0.4 is 0 Å². The molecule has 0 bridgehead atoms. The lowest BCUT2D eigenvalue weighted by Crippen LogP contribution is -2.33. The first-order chi connectivity index (χ1) is 10.2. The third-order valence-corrected chi connectivity index (χ3v) is 7.88. The summed E-state index contributed by atoms with van der Waals surface area (Å²) in [6.07, 6.45) is 11.5. The maximum atomic E-state index is 2.57. The van der Waals surface area contributed by atoms with Crippen molar-refractivity contribution in [3.8, 4) is 0 Å². The van der Waals surface area contributed by atoms with Gasteiger partial charge in [0.05, 0.1) is 0 Å². The molecular formula is C22H44. The molecule has 0 saturated heterocycles. The largest absolute Gasteiger partial charge is 0.0622 e. The minimum Gasteiger partial charge on any atom is -0.0622 e. The van der Waals surface area contributed by atoms with E-state index < -0.39 is 0 Å². The Morgan fingerprint density at radius 2 is 1.14 bits per heavy atom. The second-order valence-electron chi connectivity index (χ2n) is 9.56. The summed E-state index contributed by atoms with van der Waals surface area (Å²) in [6.45, 7) is 19.9. The van der Waals surface area contributed by atoms with Crippen molar-refractivity contribution in [1.29, 1.82) is 0 Å². The van der Waals surface area contributed by atoms with Gasteiger partial charge in [-0.3, -0.25) is 0 Å².